The predicted octanol–water partition coefficient (Wildman–Crippen LogP) is 4.81. The zero-order chi connectivity index (χ0) is 14.1. The van der Waals surface area contributed by atoms with Crippen molar-refractivity contribution in [1.82, 2.24) is 15.0 Å². The van der Waals surface area contributed by atoms with Gasteiger partial charge in [0.05, 0.1) is 0 Å². The topological polar surface area (TPSA) is 38.7 Å². The molecular weight excluding hydrogens is 293 g/mol. The number of pyridine rings is 1. The van der Waals surface area contributed by atoms with E-state index in [1.165, 1.54) is 12.8 Å². The van der Waals surface area contributed by atoms with E-state index in [-0.39, 0.29) is 0 Å². The summed E-state index contributed by atoms with van der Waals surface area (Å²) in [4.78, 5) is 13.2. The molecule has 0 bridgehead atoms. The third-order valence-electron chi connectivity index (χ3n) is 3.73. The molecule has 5 heteroatoms. The first kappa shape index (κ1) is 13.8. The number of rotatable bonds is 2. The summed E-state index contributed by atoms with van der Waals surface area (Å²) in [6.07, 6.45) is 4.67. The zero-order valence-electron chi connectivity index (χ0n) is 11.2. The maximum Gasteiger partial charge on any atom is 0.181 e. The van der Waals surface area contributed by atoms with Gasteiger partial charge >= 0.3 is 0 Å². The van der Waals surface area contributed by atoms with E-state index < -0.39 is 0 Å². The van der Waals surface area contributed by atoms with E-state index in [0.717, 1.165) is 24.1 Å². The molecule has 0 saturated heterocycles. The van der Waals surface area contributed by atoms with Crippen LogP contribution in [0.25, 0.3) is 11.5 Å². The van der Waals surface area contributed by atoms with Crippen LogP contribution in [0.4, 0.5) is 0 Å². The van der Waals surface area contributed by atoms with Gasteiger partial charge in [0.2, 0.25) is 0 Å². The maximum atomic E-state index is 6.34. The highest BCUT2D eigenvalue weighted by Crippen LogP contribution is 2.40. The molecule has 0 radical (unpaired) electrons. The second-order valence-corrected chi connectivity index (χ2v) is 5.90. The molecule has 0 atom stereocenters. The minimum absolute atomic E-state index is 0.398. The fourth-order valence-corrected chi connectivity index (χ4v) is 3.45. The van der Waals surface area contributed by atoms with E-state index in [4.69, 9.17) is 23.2 Å². The van der Waals surface area contributed by atoms with Crippen LogP contribution < -0.4 is 0 Å². The number of hydrogen-bond acceptors (Lipinski definition) is 3. The van der Waals surface area contributed by atoms with Gasteiger partial charge in [-0.25, -0.2) is 15.0 Å². The van der Waals surface area contributed by atoms with Crippen LogP contribution in [0, 0.1) is 6.92 Å². The molecule has 3 rings (SSSR count). The molecule has 20 heavy (non-hydrogen) atoms. The van der Waals surface area contributed by atoms with Gasteiger partial charge in [0.15, 0.2) is 5.82 Å². The van der Waals surface area contributed by atoms with Gasteiger partial charge in [-0.2, -0.15) is 0 Å². The lowest BCUT2D eigenvalue weighted by Gasteiger charge is -2.13. The number of nitrogens with zero attached hydrogens (tertiary/aromatic N) is 3. The van der Waals surface area contributed by atoms with Gasteiger partial charge in [-0.15, -0.1) is 0 Å². The molecule has 1 fully saturated rings. The molecule has 2 aromatic heterocycles. The number of halogens is 2. The average Bonchev–Trinajstić information content (AvgIpc) is 2.91. The molecule has 1 aliphatic carbocycles. The zero-order valence-corrected chi connectivity index (χ0v) is 12.7. The van der Waals surface area contributed by atoms with Gasteiger partial charge in [-0.05, 0) is 37.8 Å². The van der Waals surface area contributed by atoms with Crippen LogP contribution in [0.5, 0.6) is 0 Å². The summed E-state index contributed by atoms with van der Waals surface area (Å²) in [5, 5.41) is 0.936. The molecule has 0 unspecified atom stereocenters. The minimum atomic E-state index is 0.398. The first-order chi connectivity index (χ1) is 9.65. The fraction of sp³-hybridized carbons (Fsp3) is 0.400. The maximum absolute atomic E-state index is 6.34. The Morgan fingerprint density at radius 3 is 2.25 bits per heavy atom. The van der Waals surface area contributed by atoms with Gasteiger partial charge in [0, 0.05) is 11.3 Å². The monoisotopic (exact) mass is 307 g/mol. The standard InChI is InChI=1S/C15H15Cl2N3/c1-9-5-4-8-11(18-9)15-19-13(16)12(14(17)20-15)10-6-2-3-7-10/h4-5,8,10H,2-3,6-7H2,1H3. The van der Waals surface area contributed by atoms with E-state index >= 15 is 0 Å². The van der Waals surface area contributed by atoms with Crippen molar-refractivity contribution in [1.29, 1.82) is 0 Å². The Bertz CT molecular complexity index is 614. The summed E-state index contributed by atoms with van der Waals surface area (Å²) in [5.74, 6) is 0.889. The molecule has 0 N–H and O–H groups in total. The Morgan fingerprint density at radius 2 is 1.65 bits per heavy atom. The molecule has 3 nitrogen and oxygen atoms in total. The molecule has 0 amide bonds. The van der Waals surface area contributed by atoms with Crippen LogP contribution >= 0.6 is 23.2 Å². The molecule has 0 aromatic carbocycles. The molecular formula is C15H15Cl2N3. The summed E-state index contributed by atoms with van der Waals surface area (Å²) in [6, 6.07) is 5.72. The van der Waals surface area contributed by atoms with E-state index in [2.05, 4.69) is 15.0 Å². The van der Waals surface area contributed by atoms with Crippen molar-refractivity contribution < 1.29 is 0 Å². The minimum Gasteiger partial charge on any atom is -0.250 e. The van der Waals surface area contributed by atoms with Crippen LogP contribution in [-0.2, 0) is 0 Å². The number of hydrogen-bond donors (Lipinski definition) is 0. The van der Waals surface area contributed by atoms with E-state index in [1.807, 2.05) is 25.1 Å². The first-order valence-corrected chi connectivity index (χ1v) is 7.57. The number of aryl methyl sites for hydroxylation is 1. The van der Waals surface area contributed by atoms with E-state index in [9.17, 15) is 0 Å². The Labute approximate surface area is 128 Å². The summed E-state index contributed by atoms with van der Waals surface area (Å²) < 4.78 is 0. The summed E-state index contributed by atoms with van der Waals surface area (Å²) in [5.41, 5.74) is 2.52. The molecule has 0 aliphatic heterocycles. The van der Waals surface area contributed by atoms with Gasteiger partial charge in [-0.3, -0.25) is 0 Å². The van der Waals surface area contributed by atoms with Crippen molar-refractivity contribution in [2.75, 3.05) is 0 Å². The molecule has 0 spiro atoms. The second-order valence-electron chi connectivity index (χ2n) is 5.19. The van der Waals surface area contributed by atoms with Crippen molar-refractivity contribution in [2.45, 2.75) is 38.5 Å². The lowest BCUT2D eigenvalue weighted by Crippen LogP contribution is -2.02. The lowest BCUT2D eigenvalue weighted by atomic mass is 10.0. The second kappa shape index (κ2) is 5.66. The molecule has 1 aliphatic rings. The predicted molar refractivity (Wildman–Crippen MR) is 81.2 cm³/mol. The van der Waals surface area contributed by atoms with Gasteiger partial charge in [-0.1, -0.05) is 42.1 Å². The van der Waals surface area contributed by atoms with E-state index in [0.29, 0.717) is 27.7 Å². The Balaban J connectivity index is 2.03. The Hall–Kier alpha value is -1.19. The van der Waals surface area contributed by atoms with Crippen LogP contribution in [0.3, 0.4) is 0 Å². The molecule has 1 saturated carbocycles. The highest BCUT2D eigenvalue weighted by molar-refractivity contribution is 6.34. The SMILES string of the molecule is Cc1cccc(-c2nc(Cl)c(C3CCCC3)c(Cl)n2)n1. The quantitative estimate of drug-likeness (QED) is 0.747. The van der Waals surface area contributed by atoms with Crippen molar-refractivity contribution in [3.8, 4) is 11.5 Å². The highest BCUT2D eigenvalue weighted by Gasteiger charge is 2.24. The van der Waals surface area contributed by atoms with Crippen LogP contribution in [0.15, 0.2) is 18.2 Å². The molecule has 2 aromatic rings. The lowest BCUT2D eigenvalue weighted by molar-refractivity contribution is 0.715. The molecule has 104 valence electrons. The van der Waals surface area contributed by atoms with Gasteiger partial charge < -0.3 is 0 Å². The largest absolute Gasteiger partial charge is 0.250 e. The first-order valence-electron chi connectivity index (χ1n) is 6.82. The van der Waals surface area contributed by atoms with Crippen molar-refractivity contribution in [3.63, 3.8) is 0 Å². The van der Waals surface area contributed by atoms with Crippen LogP contribution in [0.1, 0.15) is 42.9 Å². The Morgan fingerprint density at radius 1 is 1.00 bits per heavy atom. The van der Waals surface area contributed by atoms with Crippen molar-refractivity contribution >= 4 is 23.2 Å². The normalized spacial score (nSPS) is 15.8. The van der Waals surface area contributed by atoms with Crippen molar-refractivity contribution in [3.05, 3.63) is 39.8 Å². The summed E-state index contributed by atoms with van der Waals surface area (Å²) >= 11 is 12.7. The smallest absolute Gasteiger partial charge is 0.181 e. The van der Waals surface area contributed by atoms with Gasteiger partial charge in [0.1, 0.15) is 16.0 Å². The van der Waals surface area contributed by atoms with Crippen LogP contribution in [0.2, 0.25) is 10.3 Å². The Kier molecular flexibility index (Phi) is 3.90. The van der Waals surface area contributed by atoms with E-state index in [1.54, 1.807) is 0 Å². The van der Waals surface area contributed by atoms with Crippen molar-refractivity contribution in [2.24, 2.45) is 0 Å². The summed E-state index contributed by atoms with van der Waals surface area (Å²) in [7, 11) is 0. The average molecular weight is 308 g/mol. The number of aromatic nitrogens is 3. The van der Waals surface area contributed by atoms with Crippen LogP contribution in [-0.4, -0.2) is 15.0 Å². The molecule has 2 heterocycles. The third-order valence-corrected chi connectivity index (χ3v) is 4.31. The summed E-state index contributed by atoms with van der Waals surface area (Å²) in [6.45, 7) is 1.93. The fourth-order valence-electron chi connectivity index (χ4n) is 2.75. The third kappa shape index (κ3) is 2.65. The van der Waals surface area contributed by atoms with Gasteiger partial charge in [0.25, 0.3) is 0 Å². The highest BCUT2D eigenvalue weighted by atomic mass is 35.5.